The third-order valence-electron chi connectivity index (χ3n) is 8.27. The molecular weight excluding hydrogens is 460 g/mol. The molecule has 1 fully saturated rings. The van der Waals surface area contributed by atoms with Gasteiger partial charge in [-0.3, -0.25) is 0 Å². The van der Waals surface area contributed by atoms with Gasteiger partial charge in [-0.25, -0.2) is 0 Å². The van der Waals surface area contributed by atoms with Crippen molar-refractivity contribution in [3.63, 3.8) is 0 Å². The monoisotopic (exact) mass is 529 g/mol. The lowest BCUT2D eigenvalue weighted by Gasteiger charge is -2.30. The van der Waals surface area contributed by atoms with Gasteiger partial charge in [-0.15, -0.1) is 0 Å². The molecule has 0 aromatic heterocycles. The summed E-state index contributed by atoms with van der Waals surface area (Å²) in [5.74, 6) is 0.892. The van der Waals surface area contributed by atoms with Gasteiger partial charge in [0.2, 0.25) is 0 Å². The second kappa shape index (κ2) is 27.5. The van der Waals surface area contributed by atoms with E-state index in [2.05, 4.69) is 54.9 Å². The summed E-state index contributed by atoms with van der Waals surface area (Å²) in [4.78, 5) is 2.77. The molecule has 0 aromatic rings. The molecule has 0 saturated carbocycles. The van der Waals surface area contributed by atoms with Crippen molar-refractivity contribution in [2.24, 2.45) is 5.92 Å². The third-order valence-corrected chi connectivity index (χ3v) is 8.27. The van der Waals surface area contributed by atoms with Gasteiger partial charge >= 0.3 is 0 Å². The molecule has 1 aliphatic rings. The molecule has 0 bridgehead atoms. The topological polar surface area (TPSA) is 15.3 Å². The summed E-state index contributed by atoms with van der Waals surface area (Å²) < 4.78 is 0. The molecule has 38 heavy (non-hydrogen) atoms. The van der Waals surface area contributed by atoms with Crippen molar-refractivity contribution in [1.82, 2.24) is 10.2 Å². The average Bonchev–Trinajstić information content (AvgIpc) is 2.93. The van der Waals surface area contributed by atoms with Crippen molar-refractivity contribution in [3.05, 3.63) is 36.6 Å². The lowest BCUT2D eigenvalue weighted by molar-refractivity contribution is 0.183. The second-order valence-electron chi connectivity index (χ2n) is 12.1. The predicted molar refractivity (Wildman–Crippen MR) is 173 cm³/mol. The molecule has 1 saturated heterocycles. The SMILES string of the molecule is C=C(CCCC)NCCCC(CCCCCCCCCC/C=C\C/C=C\CCCCC)CN1CCCCC1. The molecule has 1 N–H and O–H groups in total. The van der Waals surface area contributed by atoms with Crippen LogP contribution in [0.1, 0.15) is 162 Å². The van der Waals surface area contributed by atoms with Crippen LogP contribution in [0.3, 0.4) is 0 Å². The highest BCUT2D eigenvalue weighted by atomic mass is 15.1. The number of piperidine rings is 1. The highest BCUT2D eigenvalue weighted by Gasteiger charge is 2.16. The minimum Gasteiger partial charge on any atom is -0.389 e. The van der Waals surface area contributed by atoms with E-state index in [4.69, 9.17) is 0 Å². The summed E-state index contributed by atoms with van der Waals surface area (Å²) in [6.45, 7) is 13.9. The normalized spacial score (nSPS) is 15.5. The zero-order valence-corrected chi connectivity index (χ0v) is 26.1. The van der Waals surface area contributed by atoms with Crippen LogP contribution in [0.25, 0.3) is 0 Å². The molecule has 1 rings (SSSR count). The van der Waals surface area contributed by atoms with Crippen LogP contribution in [0.4, 0.5) is 0 Å². The molecule has 0 aromatic carbocycles. The predicted octanol–water partition coefficient (Wildman–Crippen LogP) is 11.1. The Labute approximate surface area is 240 Å². The van der Waals surface area contributed by atoms with E-state index < -0.39 is 0 Å². The molecule has 1 aliphatic heterocycles. The standard InChI is InChI=1S/C36H68N2/c1-4-6-8-9-10-11-12-13-14-15-16-17-18-19-20-21-22-24-29-36(34-38-32-25-23-26-33-38)30-27-31-37-35(3)28-7-5-2/h10-11,13-14,36-37H,3-9,12,15-34H2,1-2H3/b11-10-,14-13-. The Morgan fingerprint density at radius 3 is 1.92 bits per heavy atom. The number of unbranched alkanes of at least 4 members (excludes halogenated alkanes) is 12. The molecule has 0 spiro atoms. The Balaban J connectivity index is 2.03. The summed E-state index contributed by atoms with van der Waals surface area (Å²) in [5, 5.41) is 3.59. The van der Waals surface area contributed by atoms with Gasteiger partial charge in [0.05, 0.1) is 0 Å². The van der Waals surface area contributed by atoms with Crippen molar-refractivity contribution in [2.45, 2.75) is 162 Å². The van der Waals surface area contributed by atoms with E-state index in [1.165, 1.54) is 160 Å². The van der Waals surface area contributed by atoms with Crippen LogP contribution in [0.5, 0.6) is 0 Å². The van der Waals surface area contributed by atoms with Crippen LogP contribution in [0.15, 0.2) is 36.6 Å². The Hall–Kier alpha value is -1.02. The maximum absolute atomic E-state index is 4.21. The number of hydrogen-bond acceptors (Lipinski definition) is 2. The fourth-order valence-electron chi connectivity index (χ4n) is 5.74. The number of rotatable bonds is 27. The van der Waals surface area contributed by atoms with Crippen LogP contribution in [0, 0.1) is 5.92 Å². The largest absolute Gasteiger partial charge is 0.389 e. The zero-order chi connectivity index (χ0) is 27.4. The van der Waals surface area contributed by atoms with E-state index in [0.717, 1.165) is 25.3 Å². The fourth-order valence-corrected chi connectivity index (χ4v) is 5.74. The van der Waals surface area contributed by atoms with Gasteiger partial charge in [0.15, 0.2) is 0 Å². The summed E-state index contributed by atoms with van der Waals surface area (Å²) in [6, 6.07) is 0. The molecule has 0 radical (unpaired) electrons. The molecule has 2 heteroatoms. The van der Waals surface area contributed by atoms with E-state index >= 15 is 0 Å². The maximum Gasteiger partial charge on any atom is 0.0143 e. The average molecular weight is 529 g/mol. The smallest absolute Gasteiger partial charge is 0.0143 e. The Kier molecular flexibility index (Phi) is 25.4. The Bertz CT molecular complexity index is 558. The first-order valence-electron chi connectivity index (χ1n) is 17.2. The molecular formula is C36H68N2. The van der Waals surface area contributed by atoms with Crippen LogP contribution in [-0.4, -0.2) is 31.1 Å². The Morgan fingerprint density at radius 2 is 1.26 bits per heavy atom. The minimum absolute atomic E-state index is 0.892. The van der Waals surface area contributed by atoms with Gasteiger partial charge < -0.3 is 10.2 Å². The first-order chi connectivity index (χ1) is 18.8. The number of nitrogens with one attached hydrogen (secondary N) is 1. The first kappa shape index (κ1) is 35.0. The molecule has 0 amide bonds. The van der Waals surface area contributed by atoms with Gasteiger partial charge in [0.25, 0.3) is 0 Å². The van der Waals surface area contributed by atoms with Crippen LogP contribution in [-0.2, 0) is 0 Å². The van der Waals surface area contributed by atoms with E-state index in [1.54, 1.807) is 0 Å². The highest BCUT2D eigenvalue weighted by molar-refractivity contribution is 4.92. The van der Waals surface area contributed by atoms with Gasteiger partial charge in [0, 0.05) is 18.8 Å². The van der Waals surface area contributed by atoms with Crippen LogP contribution in [0.2, 0.25) is 0 Å². The first-order valence-corrected chi connectivity index (χ1v) is 17.2. The molecule has 1 unspecified atom stereocenters. The second-order valence-corrected chi connectivity index (χ2v) is 12.1. The van der Waals surface area contributed by atoms with E-state index in [-0.39, 0.29) is 0 Å². The fraction of sp³-hybridized carbons (Fsp3) is 0.833. The van der Waals surface area contributed by atoms with Crippen molar-refractivity contribution in [1.29, 1.82) is 0 Å². The van der Waals surface area contributed by atoms with E-state index in [9.17, 15) is 0 Å². The molecule has 2 nitrogen and oxygen atoms in total. The minimum atomic E-state index is 0.892. The van der Waals surface area contributed by atoms with Gasteiger partial charge in [-0.05, 0) is 96.1 Å². The molecule has 0 aliphatic carbocycles. The van der Waals surface area contributed by atoms with Crippen LogP contribution >= 0.6 is 0 Å². The summed E-state index contributed by atoms with van der Waals surface area (Å²) in [6.07, 6.45) is 40.6. The quantitative estimate of drug-likeness (QED) is 0.0842. The van der Waals surface area contributed by atoms with Crippen LogP contribution < -0.4 is 5.32 Å². The van der Waals surface area contributed by atoms with Crippen molar-refractivity contribution < 1.29 is 0 Å². The van der Waals surface area contributed by atoms with Gasteiger partial charge in [-0.2, -0.15) is 0 Å². The van der Waals surface area contributed by atoms with Gasteiger partial charge in [0.1, 0.15) is 0 Å². The van der Waals surface area contributed by atoms with E-state index in [1.807, 2.05) is 0 Å². The molecule has 1 heterocycles. The van der Waals surface area contributed by atoms with Crippen molar-refractivity contribution in [3.8, 4) is 0 Å². The number of likely N-dealkylation sites (tertiary alicyclic amines) is 1. The third kappa shape index (κ3) is 22.9. The lowest BCUT2D eigenvalue weighted by Crippen LogP contribution is -2.34. The van der Waals surface area contributed by atoms with Gasteiger partial charge in [-0.1, -0.05) is 115 Å². The number of hydrogen-bond donors (Lipinski definition) is 1. The number of allylic oxidation sites excluding steroid dienone is 5. The van der Waals surface area contributed by atoms with E-state index in [0.29, 0.717) is 0 Å². The highest BCUT2D eigenvalue weighted by Crippen LogP contribution is 2.21. The maximum atomic E-state index is 4.21. The summed E-state index contributed by atoms with van der Waals surface area (Å²) in [5.41, 5.74) is 1.25. The summed E-state index contributed by atoms with van der Waals surface area (Å²) >= 11 is 0. The van der Waals surface area contributed by atoms with Crippen molar-refractivity contribution >= 4 is 0 Å². The number of nitrogens with zero attached hydrogens (tertiary/aromatic N) is 1. The molecule has 1 atom stereocenters. The zero-order valence-electron chi connectivity index (χ0n) is 26.1. The molecule has 222 valence electrons. The van der Waals surface area contributed by atoms with Crippen molar-refractivity contribution in [2.75, 3.05) is 26.2 Å². The Morgan fingerprint density at radius 1 is 0.684 bits per heavy atom. The lowest BCUT2D eigenvalue weighted by atomic mass is 9.94. The summed E-state index contributed by atoms with van der Waals surface area (Å²) in [7, 11) is 0.